The molecule has 0 aliphatic heterocycles. The molecule has 2 unspecified atom stereocenters. The highest BCUT2D eigenvalue weighted by Crippen LogP contribution is 2.14. The zero-order valence-corrected chi connectivity index (χ0v) is 9.27. The average molecular weight is 196 g/mol. The van der Waals surface area contributed by atoms with Gasteiger partial charge in [0.25, 0.3) is 0 Å². The molecule has 0 radical (unpaired) electrons. The first-order valence-electron chi connectivity index (χ1n) is 5.29. The number of aliphatic hydroxyl groups excluding tert-OH is 1. The van der Waals surface area contributed by atoms with Crippen molar-refractivity contribution in [3.8, 4) is 0 Å². The molecule has 1 N–H and O–H groups in total. The first-order valence-corrected chi connectivity index (χ1v) is 5.29. The van der Waals surface area contributed by atoms with Gasteiger partial charge in [-0.15, -0.1) is 0 Å². The third kappa shape index (κ3) is 2.84. The lowest BCUT2D eigenvalue weighted by molar-refractivity contribution is 0.109. The van der Waals surface area contributed by atoms with Crippen LogP contribution in [-0.2, 0) is 13.5 Å². The van der Waals surface area contributed by atoms with Crippen molar-refractivity contribution < 1.29 is 5.11 Å². The second-order valence-electron chi connectivity index (χ2n) is 3.99. The molecular formula is C11H20N2O. The SMILES string of the molecule is CCCC(C)C(O)Cc1nccn1C. The number of hydrogen-bond acceptors (Lipinski definition) is 2. The Morgan fingerprint density at radius 2 is 2.29 bits per heavy atom. The monoisotopic (exact) mass is 196 g/mol. The molecule has 0 aliphatic carbocycles. The fourth-order valence-electron chi connectivity index (χ4n) is 1.63. The van der Waals surface area contributed by atoms with Crippen molar-refractivity contribution in [3.05, 3.63) is 18.2 Å². The summed E-state index contributed by atoms with van der Waals surface area (Å²) in [5, 5.41) is 9.89. The van der Waals surface area contributed by atoms with Gasteiger partial charge >= 0.3 is 0 Å². The normalized spacial score (nSPS) is 15.4. The summed E-state index contributed by atoms with van der Waals surface area (Å²) < 4.78 is 1.96. The summed E-state index contributed by atoms with van der Waals surface area (Å²) in [6, 6.07) is 0. The first-order chi connectivity index (χ1) is 6.65. The van der Waals surface area contributed by atoms with E-state index in [2.05, 4.69) is 18.8 Å². The molecule has 80 valence electrons. The van der Waals surface area contributed by atoms with Crippen molar-refractivity contribution in [2.75, 3.05) is 0 Å². The Kier molecular flexibility index (Phi) is 4.14. The lowest BCUT2D eigenvalue weighted by Crippen LogP contribution is -2.21. The number of nitrogens with zero attached hydrogens (tertiary/aromatic N) is 2. The molecule has 0 bridgehead atoms. The molecule has 0 fully saturated rings. The predicted octanol–water partition coefficient (Wildman–Crippen LogP) is 1.76. The zero-order chi connectivity index (χ0) is 10.6. The van der Waals surface area contributed by atoms with E-state index in [1.165, 1.54) is 0 Å². The lowest BCUT2D eigenvalue weighted by Gasteiger charge is -2.17. The zero-order valence-electron chi connectivity index (χ0n) is 9.27. The molecule has 3 heteroatoms. The molecule has 2 atom stereocenters. The molecule has 1 aromatic heterocycles. The van der Waals surface area contributed by atoms with Crippen LogP contribution in [0.15, 0.2) is 12.4 Å². The van der Waals surface area contributed by atoms with Crippen molar-refractivity contribution in [3.63, 3.8) is 0 Å². The van der Waals surface area contributed by atoms with Gasteiger partial charge in [0.1, 0.15) is 5.82 Å². The number of aromatic nitrogens is 2. The molecule has 1 aromatic rings. The summed E-state index contributed by atoms with van der Waals surface area (Å²) in [6.45, 7) is 4.24. The van der Waals surface area contributed by atoms with Gasteiger partial charge in [0, 0.05) is 25.9 Å². The van der Waals surface area contributed by atoms with E-state index in [1.54, 1.807) is 6.20 Å². The Morgan fingerprint density at radius 1 is 1.57 bits per heavy atom. The van der Waals surface area contributed by atoms with Gasteiger partial charge in [-0.25, -0.2) is 4.98 Å². The van der Waals surface area contributed by atoms with Gasteiger partial charge in [-0.05, 0) is 12.3 Å². The van der Waals surface area contributed by atoms with Gasteiger partial charge in [-0.2, -0.15) is 0 Å². The molecule has 0 saturated heterocycles. The summed E-state index contributed by atoms with van der Waals surface area (Å²) in [6.07, 6.45) is 6.27. The second kappa shape index (κ2) is 5.15. The van der Waals surface area contributed by atoms with E-state index in [0.717, 1.165) is 18.7 Å². The smallest absolute Gasteiger partial charge is 0.110 e. The minimum absolute atomic E-state index is 0.268. The predicted molar refractivity (Wildman–Crippen MR) is 57.0 cm³/mol. The van der Waals surface area contributed by atoms with Crippen LogP contribution in [0.25, 0.3) is 0 Å². The summed E-state index contributed by atoms with van der Waals surface area (Å²) in [5.74, 6) is 1.32. The van der Waals surface area contributed by atoms with Crippen LogP contribution in [-0.4, -0.2) is 20.8 Å². The number of rotatable bonds is 5. The highest BCUT2D eigenvalue weighted by molar-refractivity contribution is 4.93. The Hall–Kier alpha value is -0.830. The van der Waals surface area contributed by atoms with Crippen LogP contribution in [0.4, 0.5) is 0 Å². The summed E-state index contributed by atoms with van der Waals surface area (Å²) in [7, 11) is 1.96. The Balaban J connectivity index is 2.48. The first kappa shape index (κ1) is 11.2. The maximum atomic E-state index is 9.89. The fraction of sp³-hybridized carbons (Fsp3) is 0.727. The van der Waals surface area contributed by atoms with E-state index >= 15 is 0 Å². The van der Waals surface area contributed by atoms with E-state index in [-0.39, 0.29) is 6.10 Å². The van der Waals surface area contributed by atoms with E-state index in [4.69, 9.17) is 0 Å². The van der Waals surface area contributed by atoms with Gasteiger partial charge in [0.15, 0.2) is 0 Å². The number of aliphatic hydroxyl groups is 1. The largest absolute Gasteiger partial charge is 0.392 e. The standard InChI is InChI=1S/C11H20N2O/c1-4-5-9(2)10(14)8-11-12-6-7-13(11)3/h6-7,9-10,14H,4-5,8H2,1-3H3. The topological polar surface area (TPSA) is 38.1 Å². The molecule has 0 aromatic carbocycles. The van der Waals surface area contributed by atoms with Crippen LogP contribution in [0.5, 0.6) is 0 Å². The van der Waals surface area contributed by atoms with Crippen molar-refractivity contribution in [2.45, 2.75) is 39.2 Å². The van der Waals surface area contributed by atoms with Crippen LogP contribution in [0, 0.1) is 5.92 Å². The van der Waals surface area contributed by atoms with Crippen molar-refractivity contribution in [1.82, 2.24) is 9.55 Å². The van der Waals surface area contributed by atoms with Gasteiger partial charge in [0.2, 0.25) is 0 Å². The molecule has 3 nitrogen and oxygen atoms in total. The van der Waals surface area contributed by atoms with Crippen LogP contribution >= 0.6 is 0 Å². The minimum atomic E-state index is -0.268. The van der Waals surface area contributed by atoms with Crippen LogP contribution in [0.1, 0.15) is 32.5 Å². The van der Waals surface area contributed by atoms with Gasteiger partial charge in [0.05, 0.1) is 6.10 Å². The molecule has 1 heterocycles. The third-order valence-corrected chi connectivity index (χ3v) is 2.71. The molecular weight excluding hydrogens is 176 g/mol. The summed E-state index contributed by atoms with van der Waals surface area (Å²) in [5.41, 5.74) is 0. The van der Waals surface area contributed by atoms with E-state index in [0.29, 0.717) is 12.3 Å². The second-order valence-corrected chi connectivity index (χ2v) is 3.99. The van der Waals surface area contributed by atoms with Crippen LogP contribution in [0.2, 0.25) is 0 Å². The maximum absolute atomic E-state index is 9.89. The molecule has 0 amide bonds. The Labute approximate surface area is 85.8 Å². The Morgan fingerprint density at radius 3 is 2.79 bits per heavy atom. The van der Waals surface area contributed by atoms with Crippen molar-refractivity contribution in [2.24, 2.45) is 13.0 Å². The highest BCUT2D eigenvalue weighted by atomic mass is 16.3. The van der Waals surface area contributed by atoms with Gasteiger partial charge < -0.3 is 9.67 Å². The maximum Gasteiger partial charge on any atom is 0.110 e. The van der Waals surface area contributed by atoms with Crippen molar-refractivity contribution in [1.29, 1.82) is 0 Å². The summed E-state index contributed by atoms with van der Waals surface area (Å²) in [4.78, 5) is 4.20. The highest BCUT2D eigenvalue weighted by Gasteiger charge is 2.15. The minimum Gasteiger partial charge on any atom is -0.392 e. The molecule has 0 spiro atoms. The number of aryl methyl sites for hydroxylation is 1. The van der Waals surface area contributed by atoms with Gasteiger partial charge in [-0.1, -0.05) is 20.3 Å². The molecule has 0 saturated carbocycles. The Bertz CT molecular complexity index is 270. The van der Waals surface area contributed by atoms with Crippen molar-refractivity contribution >= 4 is 0 Å². The fourth-order valence-corrected chi connectivity index (χ4v) is 1.63. The van der Waals surface area contributed by atoms with E-state index < -0.39 is 0 Å². The number of hydrogen-bond donors (Lipinski definition) is 1. The summed E-state index contributed by atoms with van der Waals surface area (Å²) >= 11 is 0. The van der Waals surface area contributed by atoms with Gasteiger partial charge in [-0.3, -0.25) is 0 Å². The average Bonchev–Trinajstić information content (AvgIpc) is 2.52. The molecule has 0 aliphatic rings. The lowest BCUT2D eigenvalue weighted by atomic mass is 9.97. The quantitative estimate of drug-likeness (QED) is 0.779. The van der Waals surface area contributed by atoms with Crippen LogP contribution in [0.3, 0.4) is 0 Å². The molecule has 14 heavy (non-hydrogen) atoms. The van der Waals surface area contributed by atoms with E-state index in [9.17, 15) is 5.11 Å². The van der Waals surface area contributed by atoms with Crippen LogP contribution < -0.4 is 0 Å². The number of imidazole rings is 1. The molecule has 1 rings (SSSR count). The van der Waals surface area contributed by atoms with E-state index in [1.807, 2.05) is 17.8 Å². The third-order valence-electron chi connectivity index (χ3n) is 2.71.